The minimum atomic E-state index is -0.664. The normalized spacial score (nSPS) is 13.1. The van der Waals surface area contributed by atoms with E-state index in [0.717, 1.165) is 25.2 Å². The van der Waals surface area contributed by atoms with Crippen LogP contribution in [0, 0.1) is 13.8 Å². The molecule has 0 bridgehead atoms. The van der Waals surface area contributed by atoms with Crippen molar-refractivity contribution in [3.8, 4) is 0 Å². The van der Waals surface area contributed by atoms with Crippen molar-refractivity contribution in [1.29, 1.82) is 0 Å². The second-order valence-corrected chi connectivity index (χ2v) is 6.58. The van der Waals surface area contributed by atoms with Gasteiger partial charge in [0.2, 0.25) is 0 Å². The van der Waals surface area contributed by atoms with Crippen molar-refractivity contribution in [3.63, 3.8) is 0 Å². The fourth-order valence-electron chi connectivity index (χ4n) is 1.38. The van der Waals surface area contributed by atoms with Crippen molar-refractivity contribution >= 4 is 45.9 Å². The molecule has 86 valence electrons. The molecule has 0 fully saturated rings. The lowest BCUT2D eigenvalue weighted by molar-refractivity contribution is 0.228. The first-order valence-corrected chi connectivity index (χ1v) is 7.13. The minimum Gasteiger partial charge on any atom is -0.382 e. The summed E-state index contributed by atoms with van der Waals surface area (Å²) in [6.45, 7) is 3.86. The highest BCUT2D eigenvalue weighted by atomic mass is 35.5. The number of hydrogen-bond acceptors (Lipinski definition) is 3. The molecule has 0 aliphatic heterocycles. The predicted octanol–water partition coefficient (Wildman–Crippen LogP) is 4.81. The second kappa shape index (κ2) is 4.67. The van der Waals surface area contributed by atoms with Gasteiger partial charge < -0.3 is 5.11 Å². The van der Waals surface area contributed by atoms with Crippen molar-refractivity contribution < 1.29 is 5.11 Å². The average molecular weight is 293 g/mol. The quantitative estimate of drug-likeness (QED) is 0.842. The van der Waals surface area contributed by atoms with Crippen LogP contribution in [0.2, 0.25) is 9.36 Å². The van der Waals surface area contributed by atoms with E-state index >= 15 is 0 Å². The number of aliphatic hydroxyl groups excluding tert-OH is 1. The van der Waals surface area contributed by atoms with Gasteiger partial charge in [0, 0.05) is 4.88 Å². The van der Waals surface area contributed by atoms with Crippen LogP contribution in [0.5, 0.6) is 0 Å². The predicted molar refractivity (Wildman–Crippen MR) is 72.2 cm³/mol. The Hall–Kier alpha value is -0.0600. The zero-order chi connectivity index (χ0) is 11.9. The van der Waals surface area contributed by atoms with Crippen molar-refractivity contribution in [2.75, 3.05) is 0 Å². The van der Waals surface area contributed by atoms with Crippen molar-refractivity contribution in [2.45, 2.75) is 20.0 Å². The van der Waals surface area contributed by atoms with E-state index < -0.39 is 6.10 Å². The SMILES string of the molecule is Cc1cc(C(O)c2scc(C)c2Cl)sc1Cl. The molecule has 0 radical (unpaired) electrons. The molecule has 1 N–H and O–H groups in total. The molecule has 2 heterocycles. The van der Waals surface area contributed by atoms with Crippen LogP contribution in [0.25, 0.3) is 0 Å². The summed E-state index contributed by atoms with van der Waals surface area (Å²) < 4.78 is 0.721. The Balaban J connectivity index is 2.38. The first kappa shape index (κ1) is 12.4. The molecule has 1 nitrogen and oxygen atoms in total. The van der Waals surface area contributed by atoms with E-state index in [0.29, 0.717) is 5.02 Å². The molecule has 5 heteroatoms. The first-order valence-electron chi connectivity index (χ1n) is 4.68. The van der Waals surface area contributed by atoms with Gasteiger partial charge in [-0.1, -0.05) is 23.2 Å². The highest BCUT2D eigenvalue weighted by molar-refractivity contribution is 7.16. The number of hydrogen-bond donors (Lipinski definition) is 1. The lowest BCUT2D eigenvalue weighted by Crippen LogP contribution is -1.94. The van der Waals surface area contributed by atoms with E-state index in [2.05, 4.69) is 0 Å². The van der Waals surface area contributed by atoms with Crippen LogP contribution in [0.1, 0.15) is 27.0 Å². The Kier molecular flexibility index (Phi) is 3.62. The maximum Gasteiger partial charge on any atom is 0.124 e. The molecule has 2 aromatic rings. The number of aryl methyl sites for hydroxylation is 2. The third-order valence-electron chi connectivity index (χ3n) is 2.32. The lowest BCUT2D eigenvalue weighted by atomic mass is 10.2. The van der Waals surface area contributed by atoms with E-state index in [9.17, 15) is 5.11 Å². The summed E-state index contributed by atoms with van der Waals surface area (Å²) in [5.41, 5.74) is 1.99. The molecule has 16 heavy (non-hydrogen) atoms. The fraction of sp³-hybridized carbons (Fsp3) is 0.273. The minimum absolute atomic E-state index is 0.652. The fourth-order valence-corrected chi connectivity index (χ4v) is 3.97. The van der Waals surface area contributed by atoms with Gasteiger partial charge in [-0.05, 0) is 36.4 Å². The number of thiophene rings is 2. The monoisotopic (exact) mass is 292 g/mol. The van der Waals surface area contributed by atoms with Crippen LogP contribution in [-0.2, 0) is 0 Å². The highest BCUT2D eigenvalue weighted by Crippen LogP contribution is 2.39. The molecule has 0 amide bonds. The van der Waals surface area contributed by atoms with Gasteiger partial charge in [-0.25, -0.2) is 0 Å². The van der Waals surface area contributed by atoms with Gasteiger partial charge in [-0.3, -0.25) is 0 Å². The highest BCUT2D eigenvalue weighted by Gasteiger charge is 2.19. The third-order valence-corrected chi connectivity index (χ3v) is 5.69. The van der Waals surface area contributed by atoms with Crippen LogP contribution in [0.4, 0.5) is 0 Å². The Morgan fingerprint density at radius 2 is 1.94 bits per heavy atom. The molecular formula is C11H10Cl2OS2. The van der Waals surface area contributed by atoms with Crippen molar-refractivity contribution in [1.82, 2.24) is 0 Å². The number of rotatable bonds is 2. The van der Waals surface area contributed by atoms with Gasteiger partial charge in [0.1, 0.15) is 6.10 Å². The zero-order valence-corrected chi connectivity index (χ0v) is 11.9. The molecule has 1 atom stereocenters. The Labute approximate surface area is 112 Å². The molecule has 2 aromatic heterocycles. The number of aliphatic hydroxyl groups is 1. The summed E-state index contributed by atoms with van der Waals surface area (Å²) in [4.78, 5) is 1.63. The van der Waals surface area contributed by atoms with E-state index in [1.165, 1.54) is 22.7 Å². The number of halogens is 2. The standard InChI is InChI=1S/C11H10Cl2OS2/c1-5-3-7(16-11(5)13)9(14)10-8(12)6(2)4-15-10/h3-4,9,14H,1-2H3. The summed E-state index contributed by atoms with van der Waals surface area (Å²) >= 11 is 15.0. The largest absolute Gasteiger partial charge is 0.382 e. The van der Waals surface area contributed by atoms with Crippen molar-refractivity contribution in [2.24, 2.45) is 0 Å². The molecule has 0 aliphatic carbocycles. The second-order valence-electron chi connectivity index (χ2n) is 3.60. The Morgan fingerprint density at radius 3 is 2.38 bits per heavy atom. The van der Waals surface area contributed by atoms with Crippen LogP contribution < -0.4 is 0 Å². The molecule has 2 rings (SSSR count). The molecular weight excluding hydrogens is 283 g/mol. The van der Waals surface area contributed by atoms with Gasteiger partial charge in [0.05, 0.1) is 14.2 Å². The van der Waals surface area contributed by atoms with Crippen LogP contribution in [0.15, 0.2) is 11.4 Å². The van der Waals surface area contributed by atoms with E-state index in [4.69, 9.17) is 23.2 Å². The van der Waals surface area contributed by atoms with Crippen LogP contribution in [-0.4, -0.2) is 5.11 Å². The third kappa shape index (κ3) is 2.15. The average Bonchev–Trinajstić information content (AvgIpc) is 2.73. The Morgan fingerprint density at radius 1 is 1.25 bits per heavy atom. The summed E-state index contributed by atoms with van der Waals surface area (Å²) in [5.74, 6) is 0. The topological polar surface area (TPSA) is 20.2 Å². The smallest absolute Gasteiger partial charge is 0.124 e. The van der Waals surface area contributed by atoms with Crippen LogP contribution >= 0.6 is 45.9 Å². The van der Waals surface area contributed by atoms with Crippen molar-refractivity contribution in [3.05, 3.63) is 41.7 Å². The summed E-state index contributed by atoms with van der Waals surface area (Å²) in [5, 5.41) is 12.8. The zero-order valence-electron chi connectivity index (χ0n) is 8.75. The molecule has 0 aliphatic rings. The molecule has 0 aromatic carbocycles. The van der Waals surface area contributed by atoms with Gasteiger partial charge in [0.15, 0.2) is 0 Å². The van der Waals surface area contributed by atoms with Gasteiger partial charge in [-0.15, -0.1) is 22.7 Å². The summed E-state index contributed by atoms with van der Waals surface area (Å²) in [6.07, 6.45) is -0.664. The van der Waals surface area contributed by atoms with Gasteiger partial charge in [-0.2, -0.15) is 0 Å². The molecule has 0 saturated heterocycles. The van der Waals surface area contributed by atoms with E-state index in [1.54, 1.807) is 0 Å². The van der Waals surface area contributed by atoms with Gasteiger partial charge >= 0.3 is 0 Å². The summed E-state index contributed by atoms with van der Waals surface area (Å²) in [7, 11) is 0. The van der Waals surface area contributed by atoms with Crippen LogP contribution in [0.3, 0.4) is 0 Å². The summed E-state index contributed by atoms with van der Waals surface area (Å²) in [6, 6.07) is 1.91. The van der Waals surface area contributed by atoms with Gasteiger partial charge in [0.25, 0.3) is 0 Å². The maximum atomic E-state index is 10.2. The lowest BCUT2D eigenvalue weighted by Gasteiger charge is -2.06. The van der Waals surface area contributed by atoms with E-state index in [1.807, 2.05) is 25.3 Å². The molecule has 0 spiro atoms. The Bertz CT molecular complexity index is 497. The van der Waals surface area contributed by atoms with E-state index in [-0.39, 0.29) is 0 Å². The maximum absolute atomic E-state index is 10.2. The molecule has 1 unspecified atom stereocenters. The molecule has 0 saturated carbocycles. The first-order chi connectivity index (χ1) is 7.50.